The zero-order valence-electron chi connectivity index (χ0n) is 13.2. The second-order valence-electron chi connectivity index (χ2n) is 5.35. The monoisotopic (exact) mass is 433 g/mol. The maximum Gasteiger partial charge on any atom is 0.434 e. The van der Waals surface area contributed by atoms with Gasteiger partial charge in [0.1, 0.15) is 0 Å². The molecule has 0 fully saturated rings. The zero-order chi connectivity index (χ0) is 19.8. The topological polar surface area (TPSA) is 46.9 Å². The Bertz CT molecular complexity index is 1000. The normalized spacial score (nSPS) is 11.5. The highest BCUT2D eigenvalue weighted by Gasteiger charge is 2.40. The Morgan fingerprint density at radius 2 is 1.70 bits per heavy atom. The Kier molecular flexibility index (Phi) is 5.37. The molecule has 0 aliphatic heterocycles. The van der Waals surface area contributed by atoms with Gasteiger partial charge in [-0.05, 0) is 36.4 Å². The molecule has 2 aromatic carbocycles. The number of rotatable bonds is 3. The first kappa shape index (κ1) is 19.5. The Balaban J connectivity index is 2.04. The molecule has 0 spiro atoms. The van der Waals surface area contributed by atoms with Gasteiger partial charge in [0.15, 0.2) is 5.69 Å². The Morgan fingerprint density at radius 1 is 1.04 bits per heavy atom. The van der Waals surface area contributed by atoms with E-state index in [1.165, 1.54) is 42.5 Å². The third kappa shape index (κ3) is 4.05. The fourth-order valence-corrected chi connectivity index (χ4v) is 2.83. The van der Waals surface area contributed by atoms with Gasteiger partial charge < -0.3 is 5.32 Å². The zero-order valence-corrected chi connectivity index (χ0v) is 15.5. The van der Waals surface area contributed by atoms with Gasteiger partial charge in [-0.1, -0.05) is 40.9 Å². The van der Waals surface area contributed by atoms with Gasteiger partial charge in [0.2, 0.25) is 0 Å². The van der Waals surface area contributed by atoms with Crippen LogP contribution in [-0.2, 0) is 6.18 Å². The minimum Gasteiger partial charge on any atom is -0.320 e. The maximum atomic E-state index is 13.6. The van der Waals surface area contributed by atoms with Gasteiger partial charge in [0, 0.05) is 5.02 Å². The van der Waals surface area contributed by atoms with E-state index in [0.717, 1.165) is 6.20 Å². The molecule has 140 valence electrons. The highest BCUT2D eigenvalue weighted by atomic mass is 35.5. The molecule has 0 radical (unpaired) electrons. The van der Waals surface area contributed by atoms with Gasteiger partial charge in [-0.25, -0.2) is 4.68 Å². The van der Waals surface area contributed by atoms with Crippen molar-refractivity contribution in [2.45, 2.75) is 6.18 Å². The lowest BCUT2D eigenvalue weighted by atomic mass is 10.2. The first-order valence-electron chi connectivity index (χ1n) is 7.35. The van der Waals surface area contributed by atoms with Crippen LogP contribution in [-0.4, -0.2) is 15.7 Å². The molecule has 27 heavy (non-hydrogen) atoms. The molecule has 0 atom stereocenters. The summed E-state index contributed by atoms with van der Waals surface area (Å²) in [5.74, 6) is -1.02. The van der Waals surface area contributed by atoms with Gasteiger partial charge in [-0.3, -0.25) is 4.79 Å². The van der Waals surface area contributed by atoms with E-state index in [2.05, 4.69) is 10.4 Å². The van der Waals surface area contributed by atoms with Crippen molar-refractivity contribution in [2.75, 3.05) is 5.32 Å². The minimum atomic E-state index is -4.83. The van der Waals surface area contributed by atoms with Crippen molar-refractivity contribution in [2.24, 2.45) is 0 Å². The van der Waals surface area contributed by atoms with E-state index in [1.807, 2.05) is 0 Å². The average Bonchev–Trinajstić information content (AvgIpc) is 3.05. The van der Waals surface area contributed by atoms with Crippen LogP contribution in [0.5, 0.6) is 0 Å². The summed E-state index contributed by atoms with van der Waals surface area (Å²) in [6.45, 7) is 0. The Morgan fingerprint density at radius 3 is 2.33 bits per heavy atom. The second kappa shape index (κ2) is 7.42. The molecule has 1 heterocycles. The molecule has 3 aromatic rings. The van der Waals surface area contributed by atoms with Crippen LogP contribution in [0.3, 0.4) is 0 Å². The first-order valence-corrected chi connectivity index (χ1v) is 8.48. The molecule has 0 bridgehead atoms. The van der Waals surface area contributed by atoms with Crippen LogP contribution in [0.25, 0.3) is 5.69 Å². The summed E-state index contributed by atoms with van der Waals surface area (Å²) in [7, 11) is 0. The van der Waals surface area contributed by atoms with E-state index in [0.29, 0.717) is 9.70 Å². The van der Waals surface area contributed by atoms with Crippen molar-refractivity contribution in [3.05, 3.63) is 75.0 Å². The standard InChI is InChI=1S/C17H9Cl3F3N3O/c18-9-4-6-10(7-5-9)26-15(17(21,22)23)11(8-24-26)16(27)25-13-3-1-2-12(19)14(13)20/h1-8H,(H,25,27). The van der Waals surface area contributed by atoms with Crippen LogP contribution in [0, 0.1) is 0 Å². The van der Waals surface area contributed by atoms with Crippen molar-refractivity contribution in [3.63, 3.8) is 0 Å². The molecule has 4 nitrogen and oxygen atoms in total. The third-order valence-electron chi connectivity index (χ3n) is 3.55. The van der Waals surface area contributed by atoms with Crippen LogP contribution >= 0.6 is 34.8 Å². The number of carbonyl (C=O) groups excluding carboxylic acids is 1. The molecule has 0 aliphatic rings. The fourth-order valence-electron chi connectivity index (χ4n) is 2.36. The number of carbonyl (C=O) groups is 1. The average molecular weight is 435 g/mol. The molecule has 0 saturated heterocycles. The fraction of sp³-hybridized carbons (Fsp3) is 0.0588. The summed E-state index contributed by atoms with van der Waals surface area (Å²) in [6.07, 6.45) is -3.99. The highest BCUT2D eigenvalue weighted by Crippen LogP contribution is 2.35. The number of alkyl halides is 3. The number of hydrogen-bond donors (Lipinski definition) is 1. The number of benzene rings is 2. The largest absolute Gasteiger partial charge is 0.434 e. The molecule has 1 N–H and O–H groups in total. The van der Waals surface area contributed by atoms with E-state index >= 15 is 0 Å². The van der Waals surface area contributed by atoms with Gasteiger partial charge in [0.25, 0.3) is 5.91 Å². The van der Waals surface area contributed by atoms with Crippen molar-refractivity contribution in [1.29, 1.82) is 0 Å². The first-order chi connectivity index (χ1) is 12.7. The van der Waals surface area contributed by atoms with Gasteiger partial charge in [0.05, 0.1) is 33.2 Å². The Labute approximate surface area is 166 Å². The summed E-state index contributed by atoms with van der Waals surface area (Å²) < 4.78 is 41.5. The quantitative estimate of drug-likeness (QED) is 0.541. The maximum absolute atomic E-state index is 13.6. The molecule has 3 rings (SSSR count). The predicted molar refractivity (Wildman–Crippen MR) is 98.0 cm³/mol. The van der Waals surface area contributed by atoms with E-state index in [9.17, 15) is 18.0 Å². The van der Waals surface area contributed by atoms with E-state index in [1.54, 1.807) is 0 Å². The van der Waals surface area contributed by atoms with Crippen LogP contribution in [0.2, 0.25) is 15.1 Å². The van der Waals surface area contributed by atoms with E-state index in [4.69, 9.17) is 34.8 Å². The molecule has 1 amide bonds. The minimum absolute atomic E-state index is 0.0196. The number of nitrogens with one attached hydrogen (secondary N) is 1. The number of amides is 1. The van der Waals surface area contributed by atoms with Gasteiger partial charge >= 0.3 is 6.18 Å². The van der Waals surface area contributed by atoms with E-state index < -0.39 is 23.3 Å². The number of aromatic nitrogens is 2. The number of halogens is 6. The van der Waals surface area contributed by atoms with Crippen LogP contribution in [0.15, 0.2) is 48.7 Å². The van der Waals surface area contributed by atoms with Crippen LogP contribution in [0.1, 0.15) is 16.1 Å². The smallest absolute Gasteiger partial charge is 0.320 e. The lowest BCUT2D eigenvalue weighted by molar-refractivity contribution is -0.143. The molecule has 0 unspecified atom stereocenters. The van der Waals surface area contributed by atoms with Gasteiger partial charge in [-0.15, -0.1) is 0 Å². The Hall–Kier alpha value is -2.22. The van der Waals surface area contributed by atoms with Crippen molar-refractivity contribution in [1.82, 2.24) is 9.78 Å². The molecule has 1 aromatic heterocycles. The SMILES string of the molecule is O=C(Nc1cccc(Cl)c1Cl)c1cnn(-c2ccc(Cl)cc2)c1C(F)(F)F. The lowest BCUT2D eigenvalue weighted by Gasteiger charge is -2.13. The highest BCUT2D eigenvalue weighted by molar-refractivity contribution is 6.44. The van der Waals surface area contributed by atoms with Crippen molar-refractivity contribution in [3.8, 4) is 5.69 Å². The summed E-state index contributed by atoms with van der Waals surface area (Å²) >= 11 is 17.6. The van der Waals surface area contributed by atoms with Crippen LogP contribution in [0.4, 0.5) is 18.9 Å². The molecule has 10 heteroatoms. The second-order valence-corrected chi connectivity index (χ2v) is 6.57. The lowest BCUT2D eigenvalue weighted by Crippen LogP contribution is -2.20. The number of anilines is 1. The van der Waals surface area contributed by atoms with Crippen LogP contribution < -0.4 is 5.32 Å². The van der Waals surface area contributed by atoms with Crippen molar-refractivity contribution < 1.29 is 18.0 Å². The predicted octanol–water partition coefficient (Wildman–Crippen LogP) is 6.10. The molecule has 0 aliphatic carbocycles. The van der Waals surface area contributed by atoms with Crippen molar-refractivity contribution >= 4 is 46.4 Å². The number of nitrogens with zero attached hydrogens (tertiary/aromatic N) is 2. The summed E-state index contributed by atoms with van der Waals surface area (Å²) in [5.41, 5.74) is -1.69. The molecular formula is C17H9Cl3F3N3O. The summed E-state index contributed by atoms with van der Waals surface area (Å²) in [6, 6.07) is 9.97. The molecular weight excluding hydrogens is 426 g/mol. The molecule has 0 saturated carbocycles. The third-order valence-corrected chi connectivity index (χ3v) is 4.62. The van der Waals surface area contributed by atoms with Gasteiger partial charge in [-0.2, -0.15) is 18.3 Å². The number of hydrogen-bond acceptors (Lipinski definition) is 2. The summed E-state index contributed by atoms with van der Waals surface area (Å²) in [4.78, 5) is 12.5. The summed E-state index contributed by atoms with van der Waals surface area (Å²) in [5, 5.41) is 6.57. The van der Waals surface area contributed by atoms with E-state index in [-0.39, 0.29) is 21.4 Å².